The summed E-state index contributed by atoms with van der Waals surface area (Å²) in [6.07, 6.45) is 0. The van der Waals surface area contributed by atoms with Gasteiger partial charge in [-0.25, -0.2) is 4.39 Å². The Labute approximate surface area is 132 Å². The van der Waals surface area contributed by atoms with Crippen LogP contribution in [0.5, 0.6) is 0 Å². The lowest BCUT2D eigenvalue weighted by Gasteiger charge is -2.13. The minimum atomic E-state index is -1.11. The number of halogens is 1. The number of nitrogens with zero attached hydrogens (tertiary/aromatic N) is 1. The Morgan fingerprint density at radius 1 is 1.30 bits per heavy atom. The van der Waals surface area contributed by atoms with Gasteiger partial charge in [-0.05, 0) is 17.7 Å². The largest absolute Gasteiger partial charge is 0.481 e. The van der Waals surface area contributed by atoms with Crippen LogP contribution in [0, 0.1) is 5.82 Å². The van der Waals surface area contributed by atoms with Gasteiger partial charge < -0.3 is 14.9 Å². The van der Waals surface area contributed by atoms with Crippen LogP contribution in [0.25, 0.3) is 0 Å². The van der Waals surface area contributed by atoms with E-state index < -0.39 is 23.6 Å². The number of nitrogens with one attached hydrogen (secondary N) is 1. The molecule has 0 aliphatic heterocycles. The summed E-state index contributed by atoms with van der Waals surface area (Å²) in [6.45, 7) is 3.66. The average Bonchev–Trinajstić information content (AvgIpc) is 2.99. The predicted octanol–water partition coefficient (Wildman–Crippen LogP) is 2.54. The molecule has 6 nitrogen and oxygen atoms in total. The molecule has 0 saturated carbocycles. The van der Waals surface area contributed by atoms with Crippen LogP contribution in [-0.4, -0.2) is 28.7 Å². The van der Waals surface area contributed by atoms with Crippen molar-refractivity contribution in [3.05, 3.63) is 53.2 Å². The van der Waals surface area contributed by atoms with E-state index in [9.17, 15) is 19.1 Å². The van der Waals surface area contributed by atoms with Crippen molar-refractivity contribution in [2.24, 2.45) is 0 Å². The summed E-state index contributed by atoms with van der Waals surface area (Å²) >= 11 is 0. The van der Waals surface area contributed by atoms with E-state index in [4.69, 9.17) is 4.52 Å². The molecule has 1 heterocycles. The number of carboxylic acids is 1. The van der Waals surface area contributed by atoms with Crippen molar-refractivity contribution in [3.8, 4) is 0 Å². The molecular weight excluding hydrogens is 303 g/mol. The first-order chi connectivity index (χ1) is 10.9. The fourth-order valence-electron chi connectivity index (χ4n) is 2.00. The lowest BCUT2D eigenvalue weighted by atomic mass is 9.99. The molecule has 2 aromatic rings. The molecule has 1 aromatic heterocycles. The maximum absolute atomic E-state index is 12.9. The third kappa shape index (κ3) is 4.15. The Bertz CT molecular complexity index is 694. The molecule has 23 heavy (non-hydrogen) atoms. The monoisotopic (exact) mass is 320 g/mol. The first-order valence-corrected chi connectivity index (χ1v) is 7.11. The van der Waals surface area contributed by atoms with Crippen LogP contribution < -0.4 is 5.32 Å². The predicted molar refractivity (Wildman–Crippen MR) is 79.7 cm³/mol. The highest BCUT2D eigenvalue weighted by molar-refractivity contribution is 5.92. The van der Waals surface area contributed by atoms with Crippen molar-refractivity contribution in [1.82, 2.24) is 10.5 Å². The zero-order valence-corrected chi connectivity index (χ0v) is 12.7. The number of aromatic nitrogens is 1. The van der Waals surface area contributed by atoms with Gasteiger partial charge in [-0.2, -0.15) is 0 Å². The van der Waals surface area contributed by atoms with Crippen LogP contribution in [0.15, 0.2) is 34.9 Å². The van der Waals surface area contributed by atoms with Crippen LogP contribution in [0.2, 0.25) is 0 Å². The molecule has 2 N–H and O–H groups in total. The lowest BCUT2D eigenvalue weighted by Crippen LogP contribution is -2.31. The molecule has 0 bridgehead atoms. The van der Waals surface area contributed by atoms with Crippen molar-refractivity contribution < 1.29 is 23.6 Å². The second-order valence-corrected chi connectivity index (χ2v) is 5.42. The maximum atomic E-state index is 12.9. The Morgan fingerprint density at radius 2 is 1.96 bits per heavy atom. The molecule has 1 aromatic carbocycles. The van der Waals surface area contributed by atoms with Gasteiger partial charge in [0.25, 0.3) is 5.91 Å². The van der Waals surface area contributed by atoms with Gasteiger partial charge >= 0.3 is 5.97 Å². The normalized spacial score (nSPS) is 12.2. The highest BCUT2D eigenvalue weighted by Crippen LogP contribution is 2.17. The first-order valence-electron chi connectivity index (χ1n) is 7.11. The fraction of sp³-hybridized carbons (Fsp3) is 0.312. The van der Waals surface area contributed by atoms with Crippen molar-refractivity contribution in [3.63, 3.8) is 0 Å². The molecule has 1 amide bonds. The quantitative estimate of drug-likeness (QED) is 0.853. The molecule has 0 aliphatic rings. The first kappa shape index (κ1) is 16.7. The lowest BCUT2D eigenvalue weighted by molar-refractivity contribution is -0.138. The molecule has 0 radical (unpaired) electrons. The summed E-state index contributed by atoms with van der Waals surface area (Å²) in [5.74, 6) is -2.39. The van der Waals surface area contributed by atoms with Gasteiger partial charge in [0.15, 0.2) is 5.69 Å². The highest BCUT2D eigenvalue weighted by Gasteiger charge is 2.22. The molecule has 7 heteroatoms. The van der Waals surface area contributed by atoms with Crippen LogP contribution in [0.1, 0.15) is 47.5 Å². The number of hydrogen-bond acceptors (Lipinski definition) is 4. The number of hydrogen-bond donors (Lipinski definition) is 2. The number of carbonyl (C=O) groups is 2. The van der Waals surface area contributed by atoms with Gasteiger partial charge in [-0.3, -0.25) is 9.59 Å². The Morgan fingerprint density at radius 3 is 2.48 bits per heavy atom. The van der Waals surface area contributed by atoms with Crippen molar-refractivity contribution >= 4 is 11.9 Å². The summed E-state index contributed by atoms with van der Waals surface area (Å²) in [5, 5.41) is 15.4. The summed E-state index contributed by atoms with van der Waals surface area (Å²) in [4.78, 5) is 23.4. The van der Waals surface area contributed by atoms with Crippen LogP contribution in [0.3, 0.4) is 0 Å². The fourth-order valence-corrected chi connectivity index (χ4v) is 2.00. The summed E-state index contributed by atoms with van der Waals surface area (Å²) in [6, 6.07) is 6.65. The average molecular weight is 320 g/mol. The number of benzene rings is 1. The van der Waals surface area contributed by atoms with Crippen LogP contribution in [-0.2, 0) is 4.79 Å². The Balaban J connectivity index is 2.04. The van der Waals surface area contributed by atoms with Crippen LogP contribution in [0.4, 0.5) is 4.39 Å². The molecule has 0 spiro atoms. The third-order valence-corrected chi connectivity index (χ3v) is 3.37. The van der Waals surface area contributed by atoms with Gasteiger partial charge in [0.1, 0.15) is 11.6 Å². The smallest absolute Gasteiger partial charge is 0.312 e. The number of amides is 1. The number of rotatable bonds is 6. The van der Waals surface area contributed by atoms with Gasteiger partial charge in [0.2, 0.25) is 0 Å². The van der Waals surface area contributed by atoms with E-state index in [-0.39, 0.29) is 18.2 Å². The SMILES string of the molecule is CC(C)c1cc(C(=O)NCC(C(=O)O)c2ccc(F)cc2)no1. The van der Waals surface area contributed by atoms with E-state index in [1.807, 2.05) is 13.8 Å². The zero-order valence-electron chi connectivity index (χ0n) is 12.7. The number of aliphatic carboxylic acids is 1. The molecule has 122 valence electrons. The van der Waals surface area contributed by atoms with Gasteiger partial charge in [-0.15, -0.1) is 0 Å². The third-order valence-electron chi connectivity index (χ3n) is 3.37. The summed E-state index contributed by atoms with van der Waals surface area (Å²) in [5.41, 5.74) is 0.499. The molecule has 0 fully saturated rings. The number of carbonyl (C=O) groups excluding carboxylic acids is 1. The minimum Gasteiger partial charge on any atom is -0.481 e. The Hall–Kier alpha value is -2.70. The zero-order chi connectivity index (χ0) is 17.0. The van der Waals surface area contributed by atoms with Crippen molar-refractivity contribution in [1.29, 1.82) is 0 Å². The maximum Gasteiger partial charge on any atom is 0.312 e. The molecular formula is C16H17FN2O4. The molecule has 0 aliphatic carbocycles. The van der Waals surface area contributed by atoms with E-state index in [0.29, 0.717) is 11.3 Å². The molecule has 1 atom stereocenters. The molecule has 0 saturated heterocycles. The van der Waals surface area contributed by atoms with Gasteiger partial charge in [0.05, 0.1) is 5.92 Å². The summed E-state index contributed by atoms with van der Waals surface area (Å²) in [7, 11) is 0. The van der Waals surface area contributed by atoms with E-state index >= 15 is 0 Å². The second kappa shape index (κ2) is 7.04. The minimum absolute atomic E-state index is 0.0926. The van der Waals surface area contributed by atoms with Crippen molar-refractivity contribution in [2.45, 2.75) is 25.7 Å². The van der Waals surface area contributed by atoms with Crippen molar-refractivity contribution in [2.75, 3.05) is 6.54 Å². The van der Waals surface area contributed by atoms with Crippen LogP contribution >= 0.6 is 0 Å². The Kier molecular flexibility index (Phi) is 5.10. The van der Waals surface area contributed by atoms with E-state index in [1.54, 1.807) is 0 Å². The van der Waals surface area contributed by atoms with Gasteiger partial charge in [0, 0.05) is 18.5 Å². The van der Waals surface area contributed by atoms with Gasteiger partial charge in [-0.1, -0.05) is 31.1 Å². The van der Waals surface area contributed by atoms with E-state index in [0.717, 1.165) is 0 Å². The standard InChI is InChI=1S/C16H17FN2O4/c1-9(2)14-7-13(19-23-14)15(20)18-8-12(16(21)22)10-3-5-11(17)6-4-10/h3-7,9,12H,8H2,1-2H3,(H,18,20)(H,21,22). The summed E-state index contributed by atoms with van der Waals surface area (Å²) < 4.78 is 17.9. The molecule has 2 rings (SSSR count). The second-order valence-electron chi connectivity index (χ2n) is 5.42. The highest BCUT2D eigenvalue weighted by atomic mass is 19.1. The topological polar surface area (TPSA) is 92.4 Å². The van der Waals surface area contributed by atoms with E-state index in [2.05, 4.69) is 10.5 Å². The number of carboxylic acid groups (broad SMARTS) is 1. The van der Waals surface area contributed by atoms with E-state index in [1.165, 1.54) is 30.3 Å². The molecule has 1 unspecified atom stereocenters.